The molecule has 0 bridgehead atoms. The summed E-state index contributed by atoms with van der Waals surface area (Å²) in [5.74, 6) is -0.774. The molecule has 0 aromatic heterocycles. The normalized spacial score (nSPS) is 11.9. The minimum Gasteiger partial charge on any atom is -0.406 e. The predicted octanol–water partition coefficient (Wildman–Crippen LogP) is 3.63. The lowest BCUT2D eigenvalue weighted by molar-refractivity contribution is -0.274. The van der Waals surface area contributed by atoms with Gasteiger partial charge < -0.3 is 9.64 Å². The number of ether oxygens (including phenoxy) is 1. The fourth-order valence-electron chi connectivity index (χ4n) is 2.48. The molecule has 0 saturated carbocycles. The van der Waals surface area contributed by atoms with Gasteiger partial charge >= 0.3 is 6.36 Å². The highest BCUT2D eigenvalue weighted by atomic mass is 32.2. The number of rotatable bonds is 9. The molecule has 0 heterocycles. The molecule has 0 aliphatic carbocycles. The lowest BCUT2D eigenvalue weighted by Gasteiger charge is -2.17. The zero-order chi connectivity index (χ0) is 22.4. The summed E-state index contributed by atoms with van der Waals surface area (Å²) in [6.07, 6.45) is -2.95. The van der Waals surface area contributed by atoms with E-state index in [0.717, 1.165) is 34.7 Å². The Balaban J connectivity index is 1.85. The van der Waals surface area contributed by atoms with E-state index >= 15 is 0 Å². The average Bonchev–Trinajstić information content (AvgIpc) is 2.67. The van der Waals surface area contributed by atoms with Gasteiger partial charge in [0.25, 0.3) is 0 Å². The Kier molecular flexibility index (Phi) is 8.16. The van der Waals surface area contributed by atoms with Gasteiger partial charge in [-0.2, -0.15) is 0 Å². The van der Waals surface area contributed by atoms with Crippen molar-refractivity contribution in [1.82, 2.24) is 9.62 Å². The van der Waals surface area contributed by atoms with Crippen LogP contribution in [-0.2, 0) is 21.4 Å². The number of halogens is 3. The molecule has 2 aromatic rings. The molecular formula is C19H21F3N2O4S2. The van der Waals surface area contributed by atoms with Crippen LogP contribution in [0.25, 0.3) is 0 Å². The number of benzene rings is 2. The molecule has 0 aliphatic rings. The Morgan fingerprint density at radius 2 is 1.70 bits per heavy atom. The number of amides is 1. The number of nitrogens with zero attached hydrogens (tertiary/aromatic N) is 1. The summed E-state index contributed by atoms with van der Waals surface area (Å²) < 4.78 is 66.9. The van der Waals surface area contributed by atoms with Crippen LogP contribution in [-0.4, -0.2) is 45.4 Å². The summed E-state index contributed by atoms with van der Waals surface area (Å²) in [6.45, 7) is 0.249. The van der Waals surface area contributed by atoms with Gasteiger partial charge in [-0.15, -0.1) is 24.9 Å². The van der Waals surface area contributed by atoms with E-state index in [-0.39, 0.29) is 23.8 Å². The van der Waals surface area contributed by atoms with E-state index in [1.54, 1.807) is 18.8 Å². The molecule has 0 fully saturated rings. The molecule has 2 rings (SSSR count). The molecule has 164 valence electrons. The van der Waals surface area contributed by atoms with Gasteiger partial charge in [-0.25, -0.2) is 13.1 Å². The highest BCUT2D eigenvalue weighted by Crippen LogP contribution is 2.23. The minimum absolute atomic E-state index is 0.0616. The first kappa shape index (κ1) is 24.0. The highest BCUT2D eigenvalue weighted by Gasteiger charge is 2.31. The van der Waals surface area contributed by atoms with Crippen molar-refractivity contribution in [3.8, 4) is 5.75 Å². The zero-order valence-corrected chi connectivity index (χ0v) is 17.9. The Hall–Kier alpha value is -2.24. The number of thioether (sulfide) groups is 1. The van der Waals surface area contributed by atoms with Crippen molar-refractivity contribution in [2.75, 3.05) is 19.8 Å². The van der Waals surface area contributed by atoms with Crippen LogP contribution >= 0.6 is 11.8 Å². The van der Waals surface area contributed by atoms with Crippen LogP contribution in [0, 0.1) is 0 Å². The molecule has 30 heavy (non-hydrogen) atoms. The van der Waals surface area contributed by atoms with E-state index < -0.39 is 22.1 Å². The SMILES string of the molecule is CSc1ccc(CN(C)C(=O)CCNS(=O)(=O)c2ccc(OC(F)(F)F)cc2)cc1. The molecule has 0 aliphatic heterocycles. The maximum Gasteiger partial charge on any atom is 0.573 e. The number of alkyl halides is 3. The van der Waals surface area contributed by atoms with Gasteiger partial charge in [0.15, 0.2) is 0 Å². The van der Waals surface area contributed by atoms with Crippen molar-refractivity contribution in [3.63, 3.8) is 0 Å². The van der Waals surface area contributed by atoms with E-state index in [4.69, 9.17) is 0 Å². The largest absolute Gasteiger partial charge is 0.573 e. The summed E-state index contributed by atoms with van der Waals surface area (Å²) in [6, 6.07) is 11.6. The Bertz CT molecular complexity index is 947. The third-order valence-electron chi connectivity index (χ3n) is 4.00. The first-order valence-electron chi connectivity index (χ1n) is 8.72. The second kappa shape index (κ2) is 10.2. The van der Waals surface area contributed by atoms with Crippen molar-refractivity contribution in [2.24, 2.45) is 0 Å². The Morgan fingerprint density at radius 3 is 2.23 bits per heavy atom. The topological polar surface area (TPSA) is 75.7 Å². The maximum absolute atomic E-state index is 12.2. The van der Waals surface area contributed by atoms with Gasteiger partial charge in [0.1, 0.15) is 5.75 Å². The van der Waals surface area contributed by atoms with Gasteiger partial charge in [0.2, 0.25) is 15.9 Å². The van der Waals surface area contributed by atoms with E-state index in [0.29, 0.717) is 6.54 Å². The number of carbonyl (C=O) groups excluding carboxylic acids is 1. The van der Waals surface area contributed by atoms with Crippen LogP contribution in [0.4, 0.5) is 13.2 Å². The predicted molar refractivity (Wildman–Crippen MR) is 108 cm³/mol. The maximum atomic E-state index is 12.2. The van der Waals surface area contributed by atoms with Crippen LogP contribution in [0.2, 0.25) is 0 Å². The second-order valence-electron chi connectivity index (χ2n) is 6.26. The molecule has 1 amide bonds. The van der Waals surface area contributed by atoms with Gasteiger partial charge in [-0.1, -0.05) is 12.1 Å². The van der Waals surface area contributed by atoms with Crippen molar-refractivity contribution in [1.29, 1.82) is 0 Å². The fourth-order valence-corrected chi connectivity index (χ4v) is 3.92. The minimum atomic E-state index is -4.86. The average molecular weight is 463 g/mol. The van der Waals surface area contributed by atoms with Gasteiger partial charge in [0.05, 0.1) is 4.90 Å². The van der Waals surface area contributed by atoms with E-state index in [1.807, 2.05) is 30.5 Å². The summed E-state index contributed by atoms with van der Waals surface area (Å²) in [5.41, 5.74) is 0.949. The number of carbonyl (C=O) groups is 1. The van der Waals surface area contributed by atoms with Gasteiger partial charge in [-0.05, 0) is 48.2 Å². The molecule has 0 unspecified atom stereocenters. The van der Waals surface area contributed by atoms with Crippen molar-refractivity contribution >= 4 is 27.7 Å². The van der Waals surface area contributed by atoms with Gasteiger partial charge in [-0.3, -0.25) is 4.79 Å². The van der Waals surface area contributed by atoms with Crippen molar-refractivity contribution in [2.45, 2.75) is 29.1 Å². The second-order valence-corrected chi connectivity index (χ2v) is 8.91. The summed E-state index contributed by atoms with van der Waals surface area (Å²) in [5, 5.41) is 0. The molecule has 0 atom stereocenters. The summed E-state index contributed by atoms with van der Waals surface area (Å²) in [7, 11) is -2.34. The van der Waals surface area contributed by atoms with Crippen molar-refractivity contribution in [3.05, 3.63) is 54.1 Å². The fraction of sp³-hybridized carbons (Fsp3) is 0.316. The lowest BCUT2D eigenvalue weighted by atomic mass is 10.2. The molecule has 1 N–H and O–H groups in total. The van der Waals surface area contributed by atoms with Crippen LogP contribution in [0.15, 0.2) is 58.3 Å². The first-order valence-corrected chi connectivity index (χ1v) is 11.4. The van der Waals surface area contributed by atoms with Crippen LogP contribution in [0.1, 0.15) is 12.0 Å². The third kappa shape index (κ3) is 7.54. The number of nitrogens with one attached hydrogen (secondary N) is 1. The molecule has 11 heteroatoms. The number of sulfonamides is 1. The third-order valence-corrected chi connectivity index (χ3v) is 6.22. The lowest BCUT2D eigenvalue weighted by Crippen LogP contribution is -2.32. The molecule has 6 nitrogen and oxygen atoms in total. The quantitative estimate of drug-likeness (QED) is 0.576. The zero-order valence-electron chi connectivity index (χ0n) is 16.3. The first-order chi connectivity index (χ1) is 14.0. The van der Waals surface area contributed by atoms with Gasteiger partial charge in [0, 0.05) is 31.5 Å². The smallest absolute Gasteiger partial charge is 0.406 e. The number of hydrogen-bond acceptors (Lipinski definition) is 5. The van der Waals surface area contributed by atoms with E-state index in [9.17, 15) is 26.4 Å². The Labute approximate surface area is 177 Å². The van der Waals surface area contributed by atoms with Crippen LogP contribution in [0.3, 0.4) is 0 Å². The molecule has 2 aromatic carbocycles. The van der Waals surface area contributed by atoms with E-state index in [2.05, 4.69) is 9.46 Å². The van der Waals surface area contributed by atoms with E-state index in [1.165, 1.54) is 4.90 Å². The molecular weight excluding hydrogens is 441 g/mol. The van der Waals surface area contributed by atoms with Crippen LogP contribution < -0.4 is 9.46 Å². The number of hydrogen-bond donors (Lipinski definition) is 1. The summed E-state index contributed by atoms with van der Waals surface area (Å²) in [4.78, 5) is 14.6. The highest BCUT2D eigenvalue weighted by molar-refractivity contribution is 7.98. The molecule has 0 spiro atoms. The Morgan fingerprint density at radius 1 is 1.10 bits per heavy atom. The summed E-state index contributed by atoms with van der Waals surface area (Å²) >= 11 is 1.61. The molecule has 0 radical (unpaired) electrons. The van der Waals surface area contributed by atoms with Crippen LogP contribution in [0.5, 0.6) is 5.75 Å². The standard InChI is InChI=1S/C19H21F3N2O4S2/c1-24(13-14-3-7-16(29-2)8-4-14)18(25)11-12-23-30(26,27)17-9-5-15(6-10-17)28-19(20,21)22/h3-10,23H,11-13H2,1-2H3. The van der Waals surface area contributed by atoms with Crippen molar-refractivity contribution < 1.29 is 31.1 Å². The monoisotopic (exact) mass is 462 g/mol. The molecule has 0 saturated heterocycles.